The largest absolute Gasteiger partial charge is 0.351 e. The van der Waals surface area contributed by atoms with Crippen LogP contribution in [-0.4, -0.2) is 18.4 Å². The highest BCUT2D eigenvalue weighted by molar-refractivity contribution is 7.10. The van der Waals surface area contributed by atoms with E-state index in [1.165, 1.54) is 23.5 Å². The van der Waals surface area contributed by atoms with Crippen molar-refractivity contribution in [1.29, 1.82) is 0 Å². The van der Waals surface area contributed by atoms with Gasteiger partial charge in [0, 0.05) is 17.8 Å². The predicted molar refractivity (Wildman–Crippen MR) is 109 cm³/mol. The monoisotopic (exact) mass is 416 g/mol. The van der Waals surface area contributed by atoms with Crippen LogP contribution in [0.2, 0.25) is 5.02 Å². The van der Waals surface area contributed by atoms with Gasteiger partial charge in [0.1, 0.15) is 5.82 Å². The van der Waals surface area contributed by atoms with Gasteiger partial charge in [0.15, 0.2) is 0 Å². The Balaban J connectivity index is 1.59. The van der Waals surface area contributed by atoms with Crippen molar-refractivity contribution >= 4 is 34.8 Å². The van der Waals surface area contributed by atoms with Crippen molar-refractivity contribution in [3.05, 3.63) is 92.9 Å². The van der Waals surface area contributed by atoms with Crippen LogP contribution in [0, 0.1) is 5.82 Å². The average Bonchev–Trinajstić information content (AvgIpc) is 3.22. The molecule has 2 amide bonds. The Labute approximate surface area is 171 Å². The van der Waals surface area contributed by atoms with Gasteiger partial charge in [-0.05, 0) is 41.3 Å². The molecule has 0 radical (unpaired) electrons. The molecule has 0 aliphatic rings. The molecule has 0 unspecified atom stereocenters. The molecule has 1 atom stereocenters. The van der Waals surface area contributed by atoms with Crippen molar-refractivity contribution in [2.24, 2.45) is 0 Å². The van der Waals surface area contributed by atoms with Gasteiger partial charge in [-0.1, -0.05) is 41.9 Å². The van der Waals surface area contributed by atoms with E-state index in [1.807, 2.05) is 17.5 Å². The third-order valence-corrected chi connectivity index (χ3v) is 5.36. The molecule has 1 aromatic heterocycles. The summed E-state index contributed by atoms with van der Waals surface area (Å²) >= 11 is 7.51. The Morgan fingerprint density at radius 1 is 1.04 bits per heavy atom. The Kier molecular flexibility index (Phi) is 6.79. The quantitative estimate of drug-likeness (QED) is 0.593. The van der Waals surface area contributed by atoms with Crippen molar-refractivity contribution in [3.8, 4) is 0 Å². The molecule has 2 aromatic carbocycles. The molecular formula is C21H18ClFN2O2S. The maximum absolute atomic E-state index is 13.2. The van der Waals surface area contributed by atoms with Gasteiger partial charge in [-0.25, -0.2) is 4.39 Å². The normalized spacial score (nSPS) is 11.6. The first-order valence-corrected chi connectivity index (χ1v) is 9.91. The van der Waals surface area contributed by atoms with Crippen LogP contribution in [0.15, 0.2) is 66.0 Å². The first kappa shape index (κ1) is 20.0. The Morgan fingerprint density at radius 3 is 2.46 bits per heavy atom. The van der Waals surface area contributed by atoms with Crippen LogP contribution in [0.4, 0.5) is 4.39 Å². The number of halogens is 2. The summed E-state index contributed by atoms with van der Waals surface area (Å²) in [7, 11) is 0. The molecule has 3 rings (SSSR count). The van der Waals surface area contributed by atoms with E-state index in [-0.39, 0.29) is 36.6 Å². The zero-order valence-corrected chi connectivity index (χ0v) is 16.4. The van der Waals surface area contributed by atoms with E-state index in [4.69, 9.17) is 11.6 Å². The van der Waals surface area contributed by atoms with Gasteiger partial charge in [0.05, 0.1) is 16.6 Å². The average molecular weight is 417 g/mol. The summed E-state index contributed by atoms with van der Waals surface area (Å²) in [6.45, 7) is 0.177. The number of rotatable bonds is 7. The van der Waals surface area contributed by atoms with Crippen molar-refractivity contribution < 1.29 is 14.0 Å². The fraction of sp³-hybridized carbons (Fsp3) is 0.143. The summed E-state index contributed by atoms with van der Waals surface area (Å²) in [4.78, 5) is 25.5. The highest BCUT2D eigenvalue weighted by Gasteiger charge is 2.18. The van der Waals surface area contributed by atoms with E-state index in [1.54, 1.807) is 36.4 Å². The van der Waals surface area contributed by atoms with Crippen molar-refractivity contribution in [3.63, 3.8) is 0 Å². The van der Waals surface area contributed by atoms with Crippen LogP contribution in [-0.2, 0) is 4.79 Å². The lowest BCUT2D eigenvalue weighted by atomic mass is 10.1. The maximum atomic E-state index is 13.2. The molecule has 0 aliphatic heterocycles. The molecule has 28 heavy (non-hydrogen) atoms. The van der Waals surface area contributed by atoms with E-state index < -0.39 is 0 Å². The third-order valence-electron chi connectivity index (χ3n) is 4.09. The van der Waals surface area contributed by atoms with Crippen molar-refractivity contribution in [2.45, 2.75) is 12.5 Å². The highest BCUT2D eigenvalue weighted by atomic mass is 35.5. The second kappa shape index (κ2) is 9.48. The van der Waals surface area contributed by atoms with Crippen LogP contribution < -0.4 is 10.6 Å². The summed E-state index contributed by atoms with van der Waals surface area (Å²) in [6, 6.07) is 16.2. The maximum Gasteiger partial charge on any atom is 0.252 e. The van der Waals surface area contributed by atoms with E-state index in [9.17, 15) is 14.0 Å². The van der Waals surface area contributed by atoms with Crippen LogP contribution in [0.1, 0.15) is 33.3 Å². The van der Waals surface area contributed by atoms with Gasteiger partial charge in [0.25, 0.3) is 5.91 Å². The molecule has 1 heterocycles. The first-order valence-electron chi connectivity index (χ1n) is 8.65. The molecule has 0 bridgehead atoms. The van der Waals surface area contributed by atoms with Crippen LogP contribution in [0.25, 0.3) is 0 Å². The molecule has 0 saturated heterocycles. The number of carbonyl (C=O) groups excluding carboxylic acids is 2. The standard InChI is InChI=1S/C21H18ClFN2O2S/c22-17-5-2-1-4-16(17)21(27)24-12-11-19(26)25-20(18-6-3-13-28-18)14-7-9-15(23)10-8-14/h1-10,13,20H,11-12H2,(H,24,27)(H,25,26)/t20-/m0/s1. The van der Waals surface area contributed by atoms with Crippen molar-refractivity contribution in [2.75, 3.05) is 6.54 Å². The van der Waals surface area contributed by atoms with E-state index >= 15 is 0 Å². The lowest BCUT2D eigenvalue weighted by Crippen LogP contribution is -2.33. The van der Waals surface area contributed by atoms with Gasteiger partial charge >= 0.3 is 0 Å². The van der Waals surface area contributed by atoms with E-state index in [0.717, 1.165) is 10.4 Å². The minimum absolute atomic E-state index is 0.110. The van der Waals surface area contributed by atoms with Crippen LogP contribution in [0.3, 0.4) is 0 Å². The number of carbonyl (C=O) groups is 2. The zero-order valence-electron chi connectivity index (χ0n) is 14.8. The first-order chi connectivity index (χ1) is 13.5. The van der Waals surface area contributed by atoms with Gasteiger partial charge in [-0.15, -0.1) is 11.3 Å². The molecule has 2 N–H and O–H groups in total. The SMILES string of the molecule is O=C(CCNC(=O)c1ccccc1Cl)N[C@@H](c1ccc(F)cc1)c1cccs1. The van der Waals surface area contributed by atoms with Crippen LogP contribution >= 0.6 is 22.9 Å². The molecule has 7 heteroatoms. The second-order valence-corrected chi connectivity index (χ2v) is 7.44. The number of hydrogen-bond donors (Lipinski definition) is 2. The third kappa shape index (κ3) is 5.18. The second-order valence-electron chi connectivity index (χ2n) is 6.05. The minimum Gasteiger partial charge on any atom is -0.351 e. The van der Waals surface area contributed by atoms with Crippen LogP contribution in [0.5, 0.6) is 0 Å². The fourth-order valence-corrected chi connectivity index (χ4v) is 3.72. The molecule has 0 aliphatic carbocycles. The summed E-state index contributed by atoms with van der Waals surface area (Å²) in [5, 5.41) is 7.92. The summed E-state index contributed by atoms with van der Waals surface area (Å²) in [5.41, 5.74) is 1.16. The number of benzene rings is 2. The van der Waals surface area contributed by atoms with Gasteiger partial charge in [-0.3, -0.25) is 9.59 Å². The molecule has 0 spiro atoms. The number of hydrogen-bond acceptors (Lipinski definition) is 3. The topological polar surface area (TPSA) is 58.2 Å². The number of nitrogens with one attached hydrogen (secondary N) is 2. The van der Waals surface area contributed by atoms with Gasteiger partial charge in [-0.2, -0.15) is 0 Å². The summed E-state index contributed by atoms with van der Waals surface area (Å²) in [6.07, 6.45) is 0.110. The smallest absolute Gasteiger partial charge is 0.252 e. The number of thiophene rings is 1. The summed E-state index contributed by atoms with van der Waals surface area (Å²) < 4.78 is 13.2. The molecule has 4 nitrogen and oxygen atoms in total. The zero-order chi connectivity index (χ0) is 19.9. The molecule has 3 aromatic rings. The molecule has 144 valence electrons. The Morgan fingerprint density at radius 2 is 1.79 bits per heavy atom. The number of amides is 2. The molecular weight excluding hydrogens is 399 g/mol. The Bertz CT molecular complexity index is 945. The lowest BCUT2D eigenvalue weighted by Gasteiger charge is -2.18. The van der Waals surface area contributed by atoms with E-state index in [0.29, 0.717) is 10.6 Å². The molecule has 0 saturated carbocycles. The van der Waals surface area contributed by atoms with Gasteiger partial charge in [0.2, 0.25) is 5.91 Å². The molecule has 0 fully saturated rings. The minimum atomic E-state index is -0.368. The Hall–Kier alpha value is -2.70. The predicted octanol–water partition coefficient (Wildman–Crippen LogP) is 4.57. The summed E-state index contributed by atoms with van der Waals surface area (Å²) in [5.74, 6) is -0.879. The van der Waals surface area contributed by atoms with Crippen molar-refractivity contribution in [1.82, 2.24) is 10.6 Å². The van der Waals surface area contributed by atoms with E-state index in [2.05, 4.69) is 10.6 Å². The lowest BCUT2D eigenvalue weighted by molar-refractivity contribution is -0.121. The highest BCUT2D eigenvalue weighted by Crippen LogP contribution is 2.26. The van der Waals surface area contributed by atoms with Gasteiger partial charge < -0.3 is 10.6 Å². The fourth-order valence-electron chi connectivity index (χ4n) is 2.69.